The predicted molar refractivity (Wildman–Crippen MR) is 143 cm³/mol. The molecule has 208 valence electrons. The van der Waals surface area contributed by atoms with Crippen molar-refractivity contribution in [2.75, 3.05) is 19.0 Å². The average Bonchev–Trinajstić information content (AvgIpc) is 3.64. The van der Waals surface area contributed by atoms with Gasteiger partial charge in [-0.2, -0.15) is 18.3 Å². The van der Waals surface area contributed by atoms with Crippen molar-refractivity contribution in [3.63, 3.8) is 0 Å². The second-order valence-corrected chi connectivity index (χ2v) is 12.4. The molecule has 0 spiro atoms. The van der Waals surface area contributed by atoms with Gasteiger partial charge in [0, 0.05) is 35.9 Å². The Morgan fingerprint density at radius 3 is 2.18 bits per heavy atom. The van der Waals surface area contributed by atoms with Crippen LogP contribution in [0.5, 0.6) is 0 Å². The summed E-state index contributed by atoms with van der Waals surface area (Å²) in [5, 5.41) is 15.8. The number of carboxylic acids is 1. The zero-order valence-corrected chi connectivity index (χ0v) is 23.3. The second-order valence-electron chi connectivity index (χ2n) is 10.4. The van der Waals surface area contributed by atoms with Crippen LogP contribution in [0.15, 0.2) is 24.8 Å². The Balaban J connectivity index is 0.000000392. The van der Waals surface area contributed by atoms with Gasteiger partial charge >= 0.3 is 12.1 Å². The Morgan fingerprint density at radius 1 is 1.08 bits per heavy atom. The minimum Gasteiger partial charge on any atom is -0.475 e. The van der Waals surface area contributed by atoms with Crippen LogP contribution in [0, 0.1) is 0 Å². The van der Waals surface area contributed by atoms with Crippen LogP contribution in [0.3, 0.4) is 0 Å². The molecule has 1 unspecified atom stereocenters. The Hall–Kier alpha value is -3.17. The quantitative estimate of drug-likeness (QED) is 0.340. The van der Waals surface area contributed by atoms with Crippen LogP contribution >= 0.6 is 22.7 Å². The predicted octanol–water partition coefficient (Wildman–Crippen LogP) is 5.07. The van der Waals surface area contributed by atoms with Crippen molar-refractivity contribution in [1.29, 1.82) is 0 Å². The summed E-state index contributed by atoms with van der Waals surface area (Å²) < 4.78 is 31.7. The molecule has 0 amide bonds. The van der Waals surface area contributed by atoms with Gasteiger partial charge in [-0.15, -0.1) is 0 Å². The van der Waals surface area contributed by atoms with Crippen LogP contribution in [0.25, 0.3) is 31.6 Å². The zero-order valence-electron chi connectivity index (χ0n) is 21.7. The largest absolute Gasteiger partial charge is 0.490 e. The molecule has 4 aromatic rings. The first-order valence-corrected chi connectivity index (χ1v) is 13.8. The third-order valence-corrected chi connectivity index (χ3v) is 10.0. The van der Waals surface area contributed by atoms with Crippen molar-refractivity contribution < 1.29 is 23.1 Å². The van der Waals surface area contributed by atoms with E-state index in [-0.39, 0.29) is 11.1 Å². The number of aromatic amines is 1. The maximum atomic E-state index is 10.6. The van der Waals surface area contributed by atoms with Crippen LogP contribution in [0.2, 0.25) is 0 Å². The molecule has 0 radical (unpaired) electrons. The van der Waals surface area contributed by atoms with E-state index in [1.165, 1.54) is 25.7 Å². The molecule has 4 aromatic heterocycles. The van der Waals surface area contributed by atoms with Crippen molar-refractivity contribution in [1.82, 2.24) is 35.0 Å². The summed E-state index contributed by atoms with van der Waals surface area (Å²) in [6, 6.07) is 0.504. The van der Waals surface area contributed by atoms with Gasteiger partial charge in [0.1, 0.15) is 10.7 Å². The van der Waals surface area contributed by atoms with Gasteiger partial charge in [0.25, 0.3) is 0 Å². The smallest absolute Gasteiger partial charge is 0.475 e. The number of nitrogens with zero attached hydrogens (tertiary/aromatic N) is 7. The lowest BCUT2D eigenvalue weighted by Crippen LogP contribution is -2.59. The third-order valence-electron chi connectivity index (χ3n) is 7.89. The van der Waals surface area contributed by atoms with Gasteiger partial charge in [0.05, 0.1) is 24.3 Å². The molecule has 0 aromatic carbocycles. The molecule has 2 bridgehead atoms. The number of piperidine rings is 1. The highest BCUT2D eigenvalue weighted by molar-refractivity contribution is 7.29. The standard InChI is InChI=1S/C22H26N8S2.C2HF3O2/c1-21-5-6-22(2,30(21)4)8-14(7-21)29(3)20-28-19-18(32-20)27-17(31-19)16-12-23-15(11-24-16)13-9-25-26-10-13;3-2(4,5)1(6)7/h9-12,14H,5-8H2,1-4H3,(H,25,26);(H,6,7)/t14?,21-,22+;. The van der Waals surface area contributed by atoms with E-state index in [1.54, 1.807) is 41.3 Å². The summed E-state index contributed by atoms with van der Waals surface area (Å²) in [4.78, 5) is 34.7. The van der Waals surface area contributed by atoms with Crippen molar-refractivity contribution >= 4 is 43.4 Å². The van der Waals surface area contributed by atoms with Gasteiger partial charge < -0.3 is 10.0 Å². The highest BCUT2D eigenvalue weighted by atomic mass is 32.1. The number of anilines is 1. The number of nitrogens with one attached hydrogen (secondary N) is 1. The molecule has 39 heavy (non-hydrogen) atoms. The molecule has 2 saturated heterocycles. The lowest BCUT2D eigenvalue weighted by atomic mass is 9.82. The number of rotatable bonds is 4. The molecule has 0 aliphatic carbocycles. The number of halogens is 3. The van der Waals surface area contributed by atoms with E-state index in [9.17, 15) is 13.2 Å². The van der Waals surface area contributed by atoms with Gasteiger partial charge in [0.15, 0.2) is 14.8 Å². The summed E-state index contributed by atoms with van der Waals surface area (Å²) in [6.07, 6.45) is 6.92. The maximum Gasteiger partial charge on any atom is 0.490 e. The highest BCUT2D eigenvalue weighted by Gasteiger charge is 2.54. The van der Waals surface area contributed by atoms with Crippen molar-refractivity contribution in [3.05, 3.63) is 24.8 Å². The van der Waals surface area contributed by atoms with Gasteiger partial charge in [-0.1, -0.05) is 22.7 Å². The Bertz CT molecular complexity index is 1420. The zero-order chi connectivity index (χ0) is 28.2. The van der Waals surface area contributed by atoms with Gasteiger partial charge in [-0.25, -0.2) is 19.7 Å². The molecule has 0 saturated carbocycles. The number of aromatic nitrogens is 6. The van der Waals surface area contributed by atoms with Gasteiger partial charge in [-0.05, 0) is 46.6 Å². The fourth-order valence-electron chi connectivity index (χ4n) is 5.39. The summed E-state index contributed by atoms with van der Waals surface area (Å²) >= 11 is 3.26. The van der Waals surface area contributed by atoms with Crippen LogP contribution in [-0.2, 0) is 4.79 Å². The maximum absolute atomic E-state index is 10.6. The van der Waals surface area contributed by atoms with Crippen LogP contribution < -0.4 is 4.90 Å². The average molecular weight is 581 g/mol. The lowest BCUT2D eigenvalue weighted by Gasteiger charge is -2.51. The number of alkyl halides is 3. The first kappa shape index (κ1) is 27.4. The Morgan fingerprint density at radius 2 is 1.67 bits per heavy atom. The lowest BCUT2D eigenvalue weighted by molar-refractivity contribution is -0.192. The minimum absolute atomic E-state index is 0.285. The topological polar surface area (TPSA) is 124 Å². The normalized spacial score (nSPS) is 24.9. The number of fused-ring (bicyclic) bond motifs is 3. The molecule has 6 rings (SSSR count). The summed E-state index contributed by atoms with van der Waals surface area (Å²) in [6.45, 7) is 4.84. The number of aliphatic carboxylic acids is 1. The van der Waals surface area contributed by atoms with E-state index < -0.39 is 12.1 Å². The molecule has 3 atom stereocenters. The van der Waals surface area contributed by atoms with E-state index >= 15 is 0 Å². The molecule has 10 nitrogen and oxygen atoms in total. The Kier molecular flexibility index (Phi) is 6.87. The first-order chi connectivity index (χ1) is 18.3. The monoisotopic (exact) mass is 580 g/mol. The van der Waals surface area contributed by atoms with E-state index in [0.717, 1.165) is 36.8 Å². The van der Waals surface area contributed by atoms with E-state index in [2.05, 4.69) is 57.9 Å². The second kappa shape index (κ2) is 9.78. The highest BCUT2D eigenvalue weighted by Crippen LogP contribution is 2.51. The molecule has 2 N–H and O–H groups in total. The van der Waals surface area contributed by atoms with E-state index in [4.69, 9.17) is 19.9 Å². The van der Waals surface area contributed by atoms with Crippen molar-refractivity contribution in [2.45, 2.75) is 62.8 Å². The van der Waals surface area contributed by atoms with E-state index in [1.807, 2.05) is 6.20 Å². The molecule has 6 heterocycles. The van der Waals surface area contributed by atoms with Gasteiger partial charge in [-0.3, -0.25) is 15.0 Å². The molecule has 2 fully saturated rings. The summed E-state index contributed by atoms with van der Waals surface area (Å²) in [7, 11) is 4.50. The fourth-order valence-corrected chi connectivity index (χ4v) is 7.42. The number of hydrogen-bond acceptors (Lipinski definition) is 10. The van der Waals surface area contributed by atoms with Gasteiger partial charge in [0.2, 0.25) is 0 Å². The van der Waals surface area contributed by atoms with Crippen molar-refractivity contribution in [2.24, 2.45) is 0 Å². The third kappa shape index (κ3) is 5.22. The fraction of sp³-hybridized carbons (Fsp3) is 0.500. The Labute approximate surface area is 229 Å². The molecule has 15 heteroatoms. The van der Waals surface area contributed by atoms with Crippen LogP contribution in [-0.4, -0.2) is 83.5 Å². The number of hydrogen-bond donors (Lipinski definition) is 2. The van der Waals surface area contributed by atoms with Crippen molar-refractivity contribution in [3.8, 4) is 22.0 Å². The van der Waals surface area contributed by atoms with E-state index in [0.29, 0.717) is 6.04 Å². The molecular weight excluding hydrogens is 553 g/mol. The first-order valence-electron chi connectivity index (χ1n) is 12.1. The number of carboxylic acid groups (broad SMARTS) is 1. The van der Waals surface area contributed by atoms with Crippen LogP contribution in [0.4, 0.5) is 18.3 Å². The summed E-state index contributed by atoms with van der Waals surface area (Å²) in [5.41, 5.74) is 3.05. The summed E-state index contributed by atoms with van der Waals surface area (Å²) in [5.74, 6) is -2.76. The number of H-pyrrole nitrogens is 1. The SMILES string of the molecule is CN(c1nc2sc(-c3cnc(-c4cn[nH]c4)cn3)nc2s1)C1C[C@]2(C)CC[C@](C)(C1)N2C.O=C(O)C(F)(F)F. The molecular formula is C24H27F3N8O2S2. The molecule has 2 aliphatic rings. The molecule has 2 aliphatic heterocycles. The minimum atomic E-state index is -5.08. The number of carbonyl (C=O) groups is 1. The number of thiazole rings is 2. The van der Waals surface area contributed by atoms with Crippen LogP contribution in [0.1, 0.15) is 39.5 Å².